The molecule has 0 aliphatic carbocycles. The SMILES string of the molecule is C1CCNC1.CC(C)C1CCOC1. The molecule has 0 bridgehead atoms. The van der Waals surface area contributed by atoms with Crippen LogP contribution in [0.25, 0.3) is 0 Å². The lowest BCUT2D eigenvalue weighted by Gasteiger charge is -2.09. The first-order chi connectivity index (χ1) is 6.30. The Hall–Kier alpha value is -0.0800. The zero-order valence-electron chi connectivity index (χ0n) is 9.01. The molecule has 78 valence electrons. The van der Waals surface area contributed by atoms with E-state index in [9.17, 15) is 0 Å². The van der Waals surface area contributed by atoms with Crippen LogP contribution in [-0.4, -0.2) is 26.3 Å². The standard InChI is InChI=1S/C7H14O.C4H9N/c1-6(2)7-3-4-8-5-7;1-2-4-5-3-1/h6-7H,3-5H2,1-2H3;5H,1-4H2. The van der Waals surface area contributed by atoms with E-state index in [2.05, 4.69) is 19.2 Å². The van der Waals surface area contributed by atoms with Gasteiger partial charge in [-0.2, -0.15) is 0 Å². The zero-order chi connectivity index (χ0) is 9.52. The summed E-state index contributed by atoms with van der Waals surface area (Å²) in [4.78, 5) is 0. The Morgan fingerprint density at radius 2 is 1.92 bits per heavy atom. The fourth-order valence-electron chi connectivity index (χ4n) is 1.70. The molecule has 0 aromatic rings. The number of rotatable bonds is 1. The third-order valence-corrected chi connectivity index (χ3v) is 2.86. The average molecular weight is 185 g/mol. The molecule has 2 heteroatoms. The lowest BCUT2D eigenvalue weighted by atomic mass is 9.96. The van der Waals surface area contributed by atoms with Gasteiger partial charge < -0.3 is 10.1 Å². The summed E-state index contributed by atoms with van der Waals surface area (Å²) in [7, 11) is 0. The maximum Gasteiger partial charge on any atom is 0.0497 e. The van der Waals surface area contributed by atoms with E-state index in [4.69, 9.17) is 4.74 Å². The molecule has 2 rings (SSSR count). The van der Waals surface area contributed by atoms with E-state index in [0.717, 1.165) is 25.0 Å². The molecule has 0 radical (unpaired) electrons. The summed E-state index contributed by atoms with van der Waals surface area (Å²) in [5.74, 6) is 1.66. The van der Waals surface area contributed by atoms with Gasteiger partial charge in [-0.05, 0) is 44.2 Å². The highest BCUT2D eigenvalue weighted by atomic mass is 16.5. The zero-order valence-corrected chi connectivity index (χ0v) is 9.01. The van der Waals surface area contributed by atoms with Gasteiger partial charge in [-0.3, -0.25) is 0 Å². The molecule has 0 saturated carbocycles. The minimum absolute atomic E-state index is 0.817. The lowest BCUT2D eigenvalue weighted by Crippen LogP contribution is -2.06. The van der Waals surface area contributed by atoms with Crippen molar-refractivity contribution in [3.8, 4) is 0 Å². The first-order valence-electron chi connectivity index (χ1n) is 5.59. The minimum atomic E-state index is 0.817. The van der Waals surface area contributed by atoms with Crippen LogP contribution in [0.5, 0.6) is 0 Å². The van der Waals surface area contributed by atoms with E-state index >= 15 is 0 Å². The van der Waals surface area contributed by atoms with E-state index in [-0.39, 0.29) is 0 Å². The van der Waals surface area contributed by atoms with Crippen molar-refractivity contribution in [1.82, 2.24) is 5.32 Å². The molecule has 0 amide bonds. The van der Waals surface area contributed by atoms with Gasteiger partial charge >= 0.3 is 0 Å². The predicted molar refractivity (Wildman–Crippen MR) is 55.9 cm³/mol. The molecule has 0 aromatic heterocycles. The van der Waals surface area contributed by atoms with E-state index in [1.807, 2.05) is 0 Å². The molecule has 1 unspecified atom stereocenters. The van der Waals surface area contributed by atoms with Crippen molar-refractivity contribution in [2.75, 3.05) is 26.3 Å². The van der Waals surface area contributed by atoms with Crippen molar-refractivity contribution < 1.29 is 4.74 Å². The minimum Gasteiger partial charge on any atom is -0.381 e. The van der Waals surface area contributed by atoms with Gasteiger partial charge in [0.05, 0.1) is 0 Å². The summed E-state index contributed by atoms with van der Waals surface area (Å²) in [6.45, 7) is 9.01. The van der Waals surface area contributed by atoms with Gasteiger partial charge in [-0.1, -0.05) is 13.8 Å². The molecule has 13 heavy (non-hydrogen) atoms. The summed E-state index contributed by atoms with van der Waals surface area (Å²) in [5, 5.41) is 3.22. The summed E-state index contributed by atoms with van der Waals surface area (Å²) in [5.41, 5.74) is 0. The van der Waals surface area contributed by atoms with E-state index < -0.39 is 0 Å². The molecule has 1 N–H and O–H groups in total. The Morgan fingerprint density at radius 3 is 2.15 bits per heavy atom. The highest BCUT2D eigenvalue weighted by molar-refractivity contribution is 4.66. The summed E-state index contributed by atoms with van der Waals surface area (Å²) in [6, 6.07) is 0. The monoisotopic (exact) mass is 185 g/mol. The van der Waals surface area contributed by atoms with E-state index in [0.29, 0.717) is 0 Å². The molecule has 2 heterocycles. The maximum absolute atomic E-state index is 5.22. The van der Waals surface area contributed by atoms with Crippen LogP contribution in [0.3, 0.4) is 0 Å². The largest absolute Gasteiger partial charge is 0.381 e. The number of hydrogen-bond donors (Lipinski definition) is 1. The third kappa shape index (κ3) is 4.63. The second kappa shape index (κ2) is 6.39. The Kier molecular flexibility index (Phi) is 5.40. The van der Waals surface area contributed by atoms with E-state index in [1.54, 1.807) is 0 Å². The van der Waals surface area contributed by atoms with Crippen LogP contribution in [0.4, 0.5) is 0 Å². The molecule has 2 nitrogen and oxygen atoms in total. The first kappa shape index (κ1) is 11.0. The van der Waals surface area contributed by atoms with Crippen molar-refractivity contribution >= 4 is 0 Å². The molecule has 0 aromatic carbocycles. The highest BCUT2D eigenvalue weighted by Crippen LogP contribution is 2.20. The van der Waals surface area contributed by atoms with Crippen LogP contribution in [0.2, 0.25) is 0 Å². The molecule has 2 saturated heterocycles. The molecular formula is C11H23NO. The van der Waals surface area contributed by atoms with Gasteiger partial charge in [-0.15, -0.1) is 0 Å². The van der Waals surface area contributed by atoms with Gasteiger partial charge in [0.2, 0.25) is 0 Å². The van der Waals surface area contributed by atoms with Gasteiger partial charge in [0.1, 0.15) is 0 Å². The Balaban J connectivity index is 0.000000145. The number of hydrogen-bond acceptors (Lipinski definition) is 2. The highest BCUT2D eigenvalue weighted by Gasteiger charge is 2.18. The second-order valence-electron chi connectivity index (χ2n) is 4.32. The van der Waals surface area contributed by atoms with Gasteiger partial charge in [-0.25, -0.2) is 0 Å². The van der Waals surface area contributed by atoms with Crippen molar-refractivity contribution in [3.63, 3.8) is 0 Å². The van der Waals surface area contributed by atoms with Crippen LogP contribution in [0.1, 0.15) is 33.1 Å². The van der Waals surface area contributed by atoms with Crippen LogP contribution in [0, 0.1) is 11.8 Å². The van der Waals surface area contributed by atoms with Crippen molar-refractivity contribution in [3.05, 3.63) is 0 Å². The van der Waals surface area contributed by atoms with Crippen LogP contribution < -0.4 is 5.32 Å². The molecule has 0 spiro atoms. The Morgan fingerprint density at radius 1 is 1.23 bits per heavy atom. The second-order valence-corrected chi connectivity index (χ2v) is 4.32. The van der Waals surface area contributed by atoms with E-state index in [1.165, 1.54) is 32.4 Å². The van der Waals surface area contributed by atoms with Crippen molar-refractivity contribution in [2.24, 2.45) is 11.8 Å². The number of nitrogens with one attached hydrogen (secondary N) is 1. The molecule has 2 aliphatic rings. The Labute approximate surface area is 82.0 Å². The topological polar surface area (TPSA) is 21.3 Å². The third-order valence-electron chi connectivity index (χ3n) is 2.86. The lowest BCUT2D eigenvalue weighted by molar-refractivity contribution is 0.177. The molecular weight excluding hydrogens is 162 g/mol. The number of ether oxygens (including phenoxy) is 1. The summed E-state index contributed by atoms with van der Waals surface area (Å²) in [6.07, 6.45) is 4.05. The molecule has 2 fully saturated rings. The molecule has 1 atom stereocenters. The molecule has 2 aliphatic heterocycles. The van der Waals surface area contributed by atoms with Crippen molar-refractivity contribution in [1.29, 1.82) is 0 Å². The fourth-order valence-corrected chi connectivity index (χ4v) is 1.70. The van der Waals surface area contributed by atoms with Crippen LogP contribution in [0.15, 0.2) is 0 Å². The fraction of sp³-hybridized carbons (Fsp3) is 1.00. The predicted octanol–water partition coefficient (Wildman–Crippen LogP) is 2.05. The summed E-state index contributed by atoms with van der Waals surface area (Å²) < 4.78 is 5.22. The summed E-state index contributed by atoms with van der Waals surface area (Å²) >= 11 is 0. The quantitative estimate of drug-likeness (QED) is 0.675. The average Bonchev–Trinajstić information content (AvgIpc) is 2.82. The Bertz CT molecular complexity index is 108. The smallest absolute Gasteiger partial charge is 0.0497 e. The maximum atomic E-state index is 5.22. The van der Waals surface area contributed by atoms with Gasteiger partial charge in [0.25, 0.3) is 0 Å². The normalized spacial score (nSPS) is 27.5. The van der Waals surface area contributed by atoms with Gasteiger partial charge in [0, 0.05) is 13.2 Å². The van der Waals surface area contributed by atoms with Crippen molar-refractivity contribution in [2.45, 2.75) is 33.1 Å². The van der Waals surface area contributed by atoms with Gasteiger partial charge in [0.15, 0.2) is 0 Å². The van der Waals surface area contributed by atoms with Crippen LogP contribution >= 0.6 is 0 Å². The van der Waals surface area contributed by atoms with Crippen LogP contribution in [-0.2, 0) is 4.74 Å². The first-order valence-corrected chi connectivity index (χ1v) is 5.59.